The van der Waals surface area contributed by atoms with Crippen LogP contribution >= 0.6 is 23.1 Å². The Hall–Kier alpha value is -3.10. The topological polar surface area (TPSA) is 77.6 Å². The van der Waals surface area contributed by atoms with Gasteiger partial charge in [-0.1, -0.05) is 18.2 Å². The van der Waals surface area contributed by atoms with Crippen molar-refractivity contribution in [2.45, 2.75) is 36.4 Å². The summed E-state index contributed by atoms with van der Waals surface area (Å²) in [5, 5.41) is 11.0. The van der Waals surface area contributed by atoms with Crippen LogP contribution in [0, 0.1) is 6.92 Å². The Kier molecular flexibility index (Phi) is 4.54. The minimum atomic E-state index is 0.480. The molecule has 1 aliphatic rings. The summed E-state index contributed by atoms with van der Waals surface area (Å²) < 4.78 is 6.02. The minimum absolute atomic E-state index is 0.480. The third kappa shape index (κ3) is 3.32. The SMILES string of the molecule is Cc1ccccc1-c1nnc(Sc2nc(-c3cccnc3)nc3sc4c(c23)CCC4)o1. The second-order valence-corrected chi connectivity index (χ2v) is 9.45. The molecule has 8 heteroatoms. The van der Waals surface area contributed by atoms with Crippen molar-refractivity contribution in [1.29, 1.82) is 0 Å². The molecule has 1 aromatic carbocycles. The highest BCUT2D eigenvalue weighted by molar-refractivity contribution is 7.99. The summed E-state index contributed by atoms with van der Waals surface area (Å²) >= 11 is 3.19. The number of pyridine rings is 1. The van der Waals surface area contributed by atoms with E-state index in [9.17, 15) is 0 Å². The number of aryl methyl sites for hydroxylation is 3. The third-order valence-electron chi connectivity index (χ3n) is 5.42. The molecule has 4 aromatic heterocycles. The van der Waals surface area contributed by atoms with Crippen molar-refractivity contribution in [3.8, 4) is 22.8 Å². The maximum atomic E-state index is 6.02. The van der Waals surface area contributed by atoms with Gasteiger partial charge in [-0.3, -0.25) is 4.98 Å². The summed E-state index contributed by atoms with van der Waals surface area (Å²) in [4.78, 5) is 16.4. The first-order chi connectivity index (χ1) is 15.3. The summed E-state index contributed by atoms with van der Waals surface area (Å²) in [7, 11) is 0. The second-order valence-electron chi connectivity index (χ2n) is 7.42. The van der Waals surface area contributed by atoms with E-state index >= 15 is 0 Å². The lowest BCUT2D eigenvalue weighted by Gasteiger charge is -2.05. The summed E-state index contributed by atoms with van der Waals surface area (Å²) in [5.41, 5.74) is 4.31. The van der Waals surface area contributed by atoms with Crippen molar-refractivity contribution >= 4 is 33.3 Å². The van der Waals surface area contributed by atoms with Crippen molar-refractivity contribution in [3.05, 3.63) is 64.8 Å². The number of hydrogen-bond acceptors (Lipinski definition) is 8. The molecule has 0 amide bonds. The van der Waals surface area contributed by atoms with E-state index in [1.165, 1.54) is 28.6 Å². The van der Waals surface area contributed by atoms with Gasteiger partial charge in [-0.2, -0.15) is 0 Å². The van der Waals surface area contributed by atoms with Gasteiger partial charge in [0.15, 0.2) is 5.82 Å². The number of hydrogen-bond donors (Lipinski definition) is 0. The maximum absolute atomic E-state index is 6.02. The first kappa shape index (κ1) is 18.7. The Labute approximate surface area is 186 Å². The van der Waals surface area contributed by atoms with Gasteiger partial charge in [0.05, 0.1) is 0 Å². The molecule has 31 heavy (non-hydrogen) atoms. The molecule has 152 valence electrons. The molecule has 0 bridgehead atoms. The van der Waals surface area contributed by atoms with Crippen molar-refractivity contribution in [3.63, 3.8) is 0 Å². The molecule has 4 heterocycles. The average Bonchev–Trinajstić information content (AvgIpc) is 3.51. The zero-order valence-electron chi connectivity index (χ0n) is 16.7. The standard InChI is InChI=1S/C23H17N5OS2/c1-13-6-2-3-8-15(13)20-27-28-23(29-20)31-22-18-16-9-4-10-17(16)30-21(18)25-19(26-22)14-7-5-11-24-12-14/h2-3,5-8,11-12H,4,9-10H2,1H3. The number of thiophene rings is 1. The van der Waals surface area contributed by atoms with E-state index in [1.54, 1.807) is 23.7 Å². The Balaban J connectivity index is 1.45. The number of nitrogens with zero attached hydrogens (tertiary/aromatic N) is 5. The Morgan fingerprint density at radius 1 is 1.03 bits per heavy atom. The van der Waals surface area contributed by atoms with Crippen LogP contribution in [0.15, 0.2) is 63.5 Å². The Morgan fingerprint density at radius 3 is 2.84 bits per heavy atom. The molecule has 0 N–H and O–H groups in total. The average molecular weight is 444 g/mol. The van der Waals surface area contributed by atoms with Gasteiger partial charge in [-0.25, -0.2) is 9.97 Å². The van der Waals surface area contributed by atoms with Gasteiger partial charge >= 0.3 is 0 Å². The van der Waals surface area contributed by atoms with Crippen LogP contribution in [-0.4, -0.2) is 25.1 Å². The fraction of sp³-hybridized carbons (Fsp3) is 0.174. The van der Waals surface area contributed by atoms with Crippen LogP contribution in [0.3, 0.4) is 0 Å². The van der Waals surface area contributed by atoms with E-state index in [4.69, 9.17) is 14.4 Å². The highest BCUT2D eigenvalue weighted by Gasteiger charge is 2.24. The van der Waals surface area contributed by atoms with Crippen LogP contribution in [0.5, 0.6) is 0 Å². The van der Waals surface area contributed by atoms with Crippen molar-refractivity contribution in [2.75, 3.05) is 0 Å². The molecule has 0 radical (unpaired) electrons. The van der Waals surface area contributed by atoms with Crippen LogP contribution < -0.4 is 0 Å². The predicted molar refractivity (Wildman–Crippen MR) is 121 cm³/mol. The van der Waals surface area contributed by atoms with Crippen molar-refractivity contribution < 1.29 is 4.42 Å². The first-order valence-electron chi connectivity index (χ1n) is 10.1. The molecular weight excluding hydrogens is 426 g/mol. The summed E-state index contributed by atoms with van der Waals surface area (Å²) in [5.74, 6) is 1.19. The lowest BCUT2D eigenvalue weighted by atomic mass is 10.1. The molecule has 6 nitrogen and oxygen atoms in total. The lowest BCUT2D eigenvalue weighted by molar-refractivity contribution is 0.465. The highest BCUT2D eigenvalue weighted by Crippen LogP contribution is 2.43. The molecule has 0 saturated carbocycles. The van der Waals surface area contributed by atoms with Crippen LogP contribution in [0.4, 0.5) is 0 Å². The lowest BCUT2D eigenvalue weighted by Crippen LogP contribution is -1.94. The van der Waals surface area contributed by atoms with Gasteiger partial charge < -0.3 is 4.42 Å². The number of benzene rings is 1. The predicted octanol–water partition coefficient (Wildman–Crippen LogP) is 5.75. The fourth-order valence-electron chi connectivity index (χ4n) is 3.92. The van der Waals surface area contributed by atoms with Crippen LogP contribution in [-0.2, 0) is 12.8 Å². The minimum Gasteiger partial charge on any atom is -0.411 e. The van der Waals surface area contributed by atoms with E-state index in [0.717, 1.165) is 44.8 Å². The van der Waals surface area contributed by atoms with Crippen molar-refractivity contribution in [2.24, 2.45) is 0 Å². The van der Waals surface area contributed by atoms with Gasteiger partial charge in [0, 0.05) is 33.8 Å². The number of rotatable bonds is 4. The fourth-order valence-corrected chi connectivity index (χ4v) is 6.06. The smallest absolute Gasteiger partial charge is 0.283 e. The monoisotopic (exact) mass is 443 g/mol. The molecule has 6 rings (SSSR count). The van der Waals surface area contributed by atoms with Gasteiger partial charge in [0.25, 0.3) is 5.22 Å². The van der Waals surface area contributed by atoms with E-state index in [1.807, 2.05) is 43.3 Å². The molecule has 0 fully saturated rings. The van der Waals surface area contributed by atoms with E-state index in [2.05, 4.69) is 15.2 Å². The summed E-state index contributed by atoms with van der Waals surface area (Å²) in [6.45, 7) is 2.04. The Bertz CT molecular complexity index is 1410. The highest BCUT2D eigenvalue weighted by atomic mass is 32.2. The van der Waals surface area contributed by atoms with Crippen LogP contribution in [0.1, 0.15) is 22.4 Å². The largest absolute Gasteiger partial charge is 0.411 e. The zero-order valence-corrected chi connectivity index (χ0v) is 18.3. The van der Waals surface area contributed by atoms with Crippen LogP contribution in [0.25, 0.3) is 33.1 Å². The number of aromatic nitrogens is 5. The summed E-state index contributed by atoms with van der Waals surface area (Å²) in [6, 6.07) is 11.9. The molecule has 1 aliphatic carbocycles. The summed E-state index contributed by atoms with van der Waals surface area (Å²) in [6.07, 6.45) is 6.91. The van der Waals surface area contributed by atoms with E-state index in [0.29, 0.717) is 16.9 Å². The molecule has 0 unspecified atom stereocenters. The van der Waals surface area contributed by atoms with Crippen molar-refractivity contribution in [1.82, 2.24) is 25.1 Å². The second kappa shape index (κ2) is 7.55. The zero-order chi connectivity index (χ0) is 20.8. The molecule has 0 saturated heterocycles. The van der Waals surface area contributed by atoms with Crippen LogP contribution in [0.2, 0.25) is 0 Å². The third-order valence-corrected chi connectivity index (χ3v) is 7.43. The number of fused-ring (bicyclic) bond motifs is 3. The molecule has 0 aliphatic heterocycles. The molecule has 0 spiro atoms. The quantitative estimate of drug-likeness (QED) is 0.327. The van der Waals surface area contributed by atoms with E-state index < -0.39 is 0 Å². The maximum Gasteiger partial charge on any atom is 0.283 e. The van der Waals surface area contributed by atoms with Gasteiger partial charge in [0.2, 0.25) is 5.89 Å². The molecular formula is C23H17N5OS2. The van der Waals surface area contributed by atoms with E-state index in [-0.39, 0.29) is 0 Å². The molecule has 0 atom stereocenters. The normalized spacial score (nSPS) is 13.1. The molecule has 5 aromatic rings. The van der Waals surface area contributed by atoms with Gasteiger partial charge in [-0.15, -0.1) is 21.5 Å². The Morgan fingerprint density at radius 2 is 1.97 bits per heavy atom. The van der Waals surface area contributed by atoms with Gasteiger partial charge in [-0.05, 0) is 67.3 Å². The first-order valence-corrected chi connectivity index (χ1v) is 11.7. The van der Waals surface area contributed by atoms with Gasteiger partial charge in [0.1, 0.15) is 9.86 Å².